The molecule has 1 unspecified atom stereocenters. The van der Waals surface area contributed by atoms with Crippen LogP contribution in [0.5, 0.6) is 0 Å². The summed E-state index contributed by atoms with van der Waals surface area (Å²) >= 11 is 8.43. The molecule has 0 amide bonds. The molecule has 0 heterocycles. The minimum absolute atomic E-state index is 0.394. The maximum atomic E-state index is 5.54. The Hall–Kier alpha value is -0.410. The van der Waals surface area contributed by atoms with E-state index in [9.17, 15) is 0 Å². The zero-order valence-corrected chi connectivity index (χ0v) is 10.8. The highest BCUT2D eigenvalue weighted by Crippen LogP contribution is 2.27. The molecule has 0 aromatic heterocycles. The van der Waals surface area contributed by atoms with Gasteiger partial charge >= 0.3 is 0 Å². The molecule has 1 rings (SSSR count). The summed E-state index contributed by atoms with van der Waals surface area (Å²) < 4.78 is 1.14. The lowest BCUT2D eigenvalue weighted by molar-refractivity contribution is 0.798. The van der Waals surface area contributed by atoms with E-state index in [1.165, 1.54) is 11.1 Å². The fourth-order valence-electron chi connectivity index (χ4n) is 1.57. The fourth-order valence-corrected chi connectivity index (χ4v) is 2.20. The van der Waals surface area contributed by atoms with Crippen LogP contribution in [0.15, 0.2) is 22.7 Å². The minimum Gasteiger partial charge on any atom is -0.393 e. The van der Waals surface area contributed by atoms with E-state index in [-0.39, 0.29) is 0 Å². The lowest BCUT2D eigenvalue weighted by atomic mass is 9.94. The Bertz CT molecular complexity index is 349. The second kappa shape index (κ2) is 4.89. The van der Waals surface area contributed by atoms with E-state index in [0.29, 0.717) is 10.9 Å². The lowest BCUT2D eigenvalue weighted by Crippen LogP contribution is -2.12. The van der Waals surface area contributed by atoms with E-state index >= 15 is 0 Å². The first kappa shape index (κ1) is 11.7. The zero-order chi connectivity index (χ0) is 10.7. The number of rotatable bonds is 3. The molecule has 76 valence electrons. The molecule has 3 heteroatoms. The third kappa shape index (κ3) is 2.79. The SMILES string of the molecule is Cc1c(Br)cccc1C(C)CC(N)=S. The highest BCUT2D eigenvalue weighted by Gasteiger charge is 2.10. The molecule has 1 atom stereocenters. The summed E-state index contributed by atoms with van der Waals surface area (Å²) in [6.45, 7) is 4.25. The van der Waals surface area contributed by atoms with Crippen molar-refractivity contribution >= 4 is 33.1 Å². The first-order valence-electron chi connectivity index (χ1n) is 4.55. The highest BCUT2D eigenvalue weighted by molar-refractivity contribution is 9.10. The number of hydrogen-bond donors (Lipinski definition) is 1. The van der Waals surface area contributed by atoms with Crippen molar-refractivity contribution in [1.82, 2.24) is 0 Å². The van der Waals surface area contributed by atoms with Crippen LogP contribution in [0.4, 0.5) is 0 Å². The molecule has 0 radical (unpaired) electrons. The third-order valence-electron chi connectivity index (χ3n) is 2.35. The maximum Gasteiger partial charge on any atom is 0.0733 e. The summed E-state index contributed by atoms with van der Waals surface area (Å²) in [5.41, 5.74) is 8.13. The molecule has 1 aromatic carbocycles. The van der Waals surface area contributed by atoms with Gasteiger partial charge in [-0.25, -0.2) is 0 Å². The summed E-state index contributed by atoms with van der Waals surface area (Å²) in [6, 6.07) is 6.22. The highest BCUT2D eigenvalue weighted by atomic mass is 79.9. The van der Waals surface area contributed by atoms with Gasteiger partial charge in [0.15, 0.2) is 0 Å². The van der Waals surface area contributed by atoms with Crippen molar-refractivity contribution in [2.24, 2.45) is 5.73 Å². The van der Waals surface area contributed by atoms with Crippen molar-refractivity contribution in [3.63, 3.8) is 0 Å². The van der Waals surface area contributed by atoms with E-state index in [0.717, 1.165) is 10.9 Å². The van der Waals surface area contributed by atoms with Crippen molar-refractivity contribution < 1.29 is 0 Å². The molecule has 0 aliphatic heterocycles. The quantitative estimate of drug-likeness (QED) is 0.852. The minimum atomic E-state index is 0.394. The molecule has 1 nitrogen and oxygen atoms in total. The predicted molar refractivity (Wildman–Crippen MR) is 68.7 cm³/mol. The Kier molecular flexibility index (Phi) is 4.08. The van der Waals surface area contributed by atoms with E-state index in [1.54, 1.807) is 0 Å². The van der Waals surface area contributed by atoms with Gasteiger partial charge in [-0.05, 0) is 30.0 Å². The molecule has 0 aliphatic rings. The van der Waals surface area contributed by atoms with Crippen molar-refractivity contribution in [2.75, 3.05) is 0 Å². The average molecular weight is 272 g/mol. The van der Waals surface area contributed by atoms with Gasteiger partial charge in [-0.15, -0.1) is 0 Å². The number of nitrogens with two attached hydrogens (primary N) is 1. The second-order valence-corrected chi connectivity index (χ2v) is 4.90. The van der Waals surface area contributed by atoms with Gasteiger partial charge < -0.3 is 5.73 Å². The monoisotopic (exact) mass is 271 g/mol. The maximum absolute atomic E-state index is 5.54. The molecule has 2 N–H and O–H groups in total. The van der Waals surface area contributed by atoms with Gasteiger partial charge in [0.25, 0.3) is 0 Å². The van der Waals surface area contributed by atoms with Crippen LogP contribution in [0, 0.1) is 6.92 Å². The summed E-state index contributed by atoms with van der Waals surface area (Å²) in [4.78, 5) is 0.580. The molecular formula is C11H14BrNS. The van der Waals surface area contributed by atoms with E-state index in [1.807, 2.05) is 12.1 Å². The molecule has 0 aliphatic carbocycles. The van der Waals surface area contributed by atoms with Gasteiger partial charge in [-0.2, -0.15) is 0 Å². The first-order chi connectivity index (χ1) is 6.52. The Balaban J connectivity index is 2.95. The molecule has 0 spiro atoms. The number of thiocarbonyl (C=S) groups is 1. The summed E-state index contributed by atoms with van der Waals surface area (Å²) in [5, 5.41) is 0. The second-order valence-electron chi connectivity index (χ2n) is 3.53. The first-order valence-corrected chi connectivity index (χ1v) is 5.75. The largest absolute Gasteiger partial charge is 0.393 e. The zero-order valence-electron chi connectivity index (χ0n) is 8.38. The van der Waals surface area contributed by atoms with E-state index in [4.69, 9.17) is 18.0 Å². The summed E-state index contributed by atoms with van der Waals surface area (Å²) in [7, 11) is 0. The topological polar surface area (TPSA) is 26.0 Å². The van der Waals surface area contributed by atoms with Gasteiger partial charge in [0.2, 0.25) is 0 Å². The van der Waals surface area contributed by atoms with Crippen LogP contribution in [-0.2, 0) is 0 Å². The predicted octanol–water partition coefficient (Wildman–Crippen LogP) is 3.54. The van der Waals surface area contributed by atoms with Crippen molar-refractivity contribution in [3.8, 4) is 0 Å². The van der Waals surface area contributed by atoms with Crippen LogP contribution in [0.25, 0.3) is 0 Å². The van der Waals surface area contributed by atoms with Crippen molar-refractivity contribution in [3.05, 3.63) is 33.8 Å². The number of hydrogen-bond acceptors (Lipinski definition) is 1. The number of benzene rings is 1. The standard InChI is InChI=1S/C11H14BrNS/c1-7(6-11(13)14)9-4-3-5-10(12)8(9)2/h3-5,7H,6H2,1-2H3,(H2,13,14). The van der Waals surface area contributed by atoms with Gasteiger partial charge in [0.1, 0.15) is 0 Å². The van der Waals surface area contributed by atoms with Crippen molar-refractivity contribution in [1.29, 1.82) is 0 Å². The Morgan fingerprint density at radius 1 is 1.57 bits per heavy atom. The average Bonchev–Trinajstić information content (AvgIpc) is 2.08. The van der Waals surface area contributed by atoms with Gasteiger partial charge in [0, 0.05) is 10.9 Å². The smallest absolute Gasteiger partial charge is 0.0733 e. The molecule has 14 heavy (non-hydrogen) atoms. The Morgan fingerprint density at radius 3 is 2.79 bits per heavy atom. The van der Waals surface area contributed by atoms with Gasteiger partial charge in [0.05, 0.1) is 4.99 Å². The molecule has 0 bridgehead atoms. The van der Waals surface area contributed by atoms with Gasteiger partial charge in [-0.1, -0.05) is 47.2 Å². The Labute approximate surface area is 98.8 Å². The summed E-state index contributed by atoms with van der Waals surface area (Å²) in [5.74, 6) is 0.394. The molecule has 1 aromatic rings. The van der Waals surface area contributed by atoms with Crippen LogP contribution < -0.4 is 5.73 Å². The molecule has 0 saturated heterocycles. The number of halogens is 1. The normalized spacial score (nSPS) is 12.5. The molecule has 0 fully saturated rings. The fraction of sp³-hybridized carbons (Fsp3) is 0.364. The molecular weight excluding hydrogens is 258 g/mol. The van der Waals surface area contributed by atoms with E-state index in [2.05, 4.69) is 35.8 Å². The van der Waals surface area contributed by atoms with Crippen molar-refractivity contribution in [2.45, 2.75) is 26.2 Å². The Morgan fingerprint density at radius 2 is 2.21 bits per heavy atom. The lowest BCUT2D eigenvalue weighted by Gasteiger charge is -2.14. The third-order valence-corrected chi connectivity index (χ3v) is 3.37. The van der Waals surface area contributed by atoms with Crippen LogP contribution >= 0.6 is 28.1 Å². The van der Waals surface area contributed by atoms with Crippen LogP contribution in [0.1, 0.15) is 30.4 Å². The molecule has 0 saturated carbocycles. The van der Waals surface area contributed by atoms with Gasteiger partial charge in [-0.3, -0.25) is 0 Å². The van der Waals surface area contributed by atoms with E-state index < -0.39 is 0 Å². The van der Waals surface area contributed by atoms with Crippen LogP contribution in [-0.4, -0.2) is 4.99 Å². The summed E-state index contributed by atoms with van der Waals surface area (Å²) in [6.07, 6.45) is 0.770. The van der Waals surface area contributed by atoms with Crippen LogP contribution in [0.2, 0.25) is 0 Å². The van der Waals surface area contributed by atoms with Crippen LogP contribution in [0.3, 0.4) is 0 Å².